The van der Waals surface area contributed by atoms with Gasteiger partial charge in [-0.3, -0.25) is 9.51 Å². The largest absolute Gasteiger partial charge is 0.438 e. The second kappa shape index (κ2) is 8.29. The molecule has 5 nitrogen and oxygen atoms in total. The molecule has 4 aliphatic rings. The molecule has 1 aromatic heterocycles. The minimum absolute atomic E-state index is 0.111. The van der Waals surface area contributed by atoms with E-state index in [2.05, 4.69) is 42.4 Å². The zero-order valence-electron chi connectivity index (χ0n) is 20.6. The number of nitrogens with zero attached hydrogens (tertiary/aromatic N) is 1. The molecule has 4 saturated carbocycles. The Morgan fingerprint density at radius 2 is 1.88 bits per heavy atom. The third-order valence-corrected chi connectivity index (χ3v) is 11.4. The molecule has 0 amide bonds. The van der Waals surface area contributed by atoms with Crippen molar-refractivity contribution in [2.24, 2.45) is 52.3 Å². The highest BCUT2D eigenvalue weighted by molar-refractivity contribution is 5.13. The molecule has 0 spiro atoms. The lowest BCUT2D eigenvalue weighted by atomic mass is 9.41. The van der Waals surface area contributed by atoms with E-state index >= 15 is 0 Å². The normalized spacial score (nSPS) is 46.8. The summed E-state index contributed by atoms with van der Waals surface area (Å²) in [5.41, 5.74) is 0.766. The average Bonchev–Trinajstić information content (AvgIpc) is 3.35. The Morgan fingerprint density at radius 1 is 1.09 bits per heavy atom. The highest BCUT2D eigenvalue weighted by Crippen LogP contribution is 2.69. The van der Waals surface area contributed by atoms with Crippen LogP contribution in [-0.4, -0.2) is 21.4 Å². The van der Waals surface area contributed by atoms with E-state index in [1.54, 1.807) is 0 Å². The van der Waals surface area contributed by atoms with E-state index in [0.29, 0.717) is 52.2 Å². The third-order valence-electron chi connectivity index (χ3n) is 11.4. The molecule has 2 N–H and O–H groups in total. The maximum absolute atomic E-state index is 11.8. The Balaban J connectivity index is 1.37. The zero-order valence-corrected chi connectivity index (χ0v) is 20.6. The highest BCUT2D eigenvalue weighted by Gasteiger charge is 2.64. The highest BCUT2D eigenvalue weighted by atomic mass is 16.5. The van der Waals surface area contributed by atoms with Gasteiger partial charge in [-0.25, -0.2) is 4.79 Å². The summed E-state index contributed by atoms with van der Waals surface area (Å²) in [6, 6.07) is 0. The molecule has 10 atom stereocenters. The quantitative estimate of drug-likeness (QED) is 0.621. The molecule has 3 unspecified atom stereocenters. The van der Waals surface area contributed by atoms with Crippen molar-refractivity contribution in [1.82, 2.24) is 10.1 Å². The van der Waals surface area contributed by atoms with Crippen LogP contribution in [0.5, 0.6) is 0 Å². The van der Waals surface area contributed by atoms with E-state index < -0.39 is 5.76 Å². The van der Waals surface area contributed by atoms with Gasteiger partial charge in [-0.15, -0.1) is 0 Å². The first-order chi connectivity index (χ1) is 15.3. The number of fused-ring (bicyclic) bond motifs is 5. The number of hydrogen-bond donors (Lipinski definition) is 2. The fourth-order valence-corrected chi connectivity index (χ4v) is 9.95. The molecular formula is C27H44N2O3. The summed E-state index contributed by atoms with van der Waals surface area (Å²) < 4.78 is 4.68. The molecule has 1 aromatic rings. The van der Waals surface area contributed by atoms with E-state index in [4.69, 9.17) is 0 Å². The van der Waals surface area contributed by atoms with Crippen molar-refractivity contribution in [3.05, 3.63) is 16.4 Å². The van der Waals surface area contributed by atoms with Crippen LogP contribution >= 0.6 is 0 Å². The van der Waals surface area contributed by atoms with Crippen molar-refractivity contribution < 1.29 is 9.63 Å². The van der Waals surface area contributed by atoms with Crippen LogP contribution in [0.15, 0.2) is 9.32 Å². The lowest BCUT2D eigenvalue weighted by Gasteiger charge is -2.64. The number of aliphatic hydroxyl groups excluding tert-OH is 1. The summed E-state index contributed by atoms with van der Waals surface area (Å²) in [6.07, 6.45) is 13.5. The van der Waals surface area contributed by atoms with Crippen molar-refractivity contribution in [3.63, 3.8) is 0 Å². The molecule has 0 saturated heterocycles. The molecule has 180 valence electrons. The number of aliphatic hydroxyl groups is 1. The number of aromatic amines is 1. The Morgan fingerprint density at radius 3 is 2.59 bits per heavy atom. The standard InChI is InChI=1S/C27H44N2O3/c1-5-17-19-8-6-7-14-26(19,3)21-13-15-27(4)18(10-11-20(27)23(21)24(17)30)16(2)9-12-22-28-25(31)32-29-22/h16-21,23-24,30H,5-15H2,1-4H3,(H,28,29,31)/t16-,17-,18-,19+,20?,21?,23?,24-,26+,27-/m1/s1. The third kappa shape index (κ3) is 3.35. The molecule has 5 heteroatoms. The van der Waals surface area contributed by atoms with E-state index in [0.717, 1.165) is 25.2 Å². The summed E-state index contributed by atoms with van der Waals surface area (Å²) >= 11 is 0. The van der Waals surface area contributed by atoms with Gasteiger partial charge in [0.1, 0.15) is 0 Å². The van der Waals surface area contributed by atoms with Gasteiger partial charge in [0.2, 0.25) is 0 Å². The van der Waals surface area contributed by atoms with Crippen LogP contribution in [0.2, 0.25) is 0 Å². The zero-order chi connectivity index (χ0) is 22.7. The number of nitrogens with one attached hydrogen (secondary N) is 1. The summed E-state index contributed by atoms with van der Waals surface area (Å²) in [7, 11) is 0. The van der Waals surface area contributed by atoms with Crippen LogP contribution in [0.1, 0.15) is 97.7 Å². The molecule has 0 bridgehead atoms. The number of aromatic nitrogens is 2. The van der Waals surface area contributed by atoms with Crippen LogP contribution < -0.4 is 5.76 Å². The average molecular weight is 445 g/mol. The summed E-state index contributed by atoms with van der Waals surface area (Å²) in [6.45, 7) is 9.88. The second-order valence-electron chi connectivity index (χ2n) is 12.5. The first kappa shape index (κ1) is 22.7. The fourth-order valence-electron chi connectivity index (χ4n) is 9.95. The van der Waals surface area contributed by atoms with Gasteiger partial charge in [-0.1, -0.05) is 52.1 Å². The first-order valence-electron chi connectivity index (χ1n) is 13.5. The van der Waals surface area contributed by atoms with Crippen molar-refractivity contribution in [1.29, 1.82) is 0 Å². The number of aryl methyl sites for hydroxylation is 1. The smallest absolute Gasteiger partial charge is 0.393 e. The van der Waals surface area contributed by atoms with Gasteiger partial charge >= 0.3 is 5.76 Å². The minimum Gasteiger partial charge on any atom is -0.393 e. The van der Waals surface area contributed by atoms with Gasteiger partial charge in [0.05, 0.1) is 6.10 Å². The molecule has 0 aromatic carbocycles. The van der Waals surface area contributed by atoms with Gasteiger partial charge in [0.25, 0.3) is 0 Å². The van der Waals surface area contributed by atoms with Crippen molar-refractivity contribution in [2.45, 2.75) is 104 Å². The first-order valence-corrected chi connectivity index (χ1v) is 13.5. The topological polar surface area (TPSA) is 79.1 Å². The predicted octanol–water partition coefficient (Wildman–Crippen LogP) is 5.59. The van der Waals surface area contributed by atoms with Crippen LogP contribution in [0.4, 0.5) is 0 Å². The van der Waals surface area contributed by atoms with Crippen LogP contribution in [-0.2, 0) is 6.42 Å². The van der Waals surface area contributed by atoms with Crippen molar-refractivity contribution in [3.8, 4) is 0 Å². The minimum atomic E-state index is -0.454. The monoisotopic (exact) mass is 444 g/mol. The van der Waals surface area contributed by atoms with E-state index in [-0.39, 0.29) is 6.10 Å². The predicted molar refractivity (Wildman–Crippen MR) is 125 cm³/mol. The maximum atomic E-state index is 11.8. The molecule has 0 radical (unpaired) electrons. The van der Waals surface area contributed by atoms with E-state index in [1.165, 1.54) is 51.4 Å². The lowest BCUT2D eigenvalue weighted by Crippen LogP contribution is -2.61. The Labute approximate surface area is 193 Å². The van der Waals surface area contributed by atoms with Gasteiger partial charge in [0.15, 0.2) is 5.82 Å². The van der Waals surface area contributed by atoms with Crippen LogP contribution in [0.3, 0.4) is 0 Å². The Hall–Kier alpha value is -1.10. The summed E-state index contributed by atoms with van der Waals surface area (Å²) in [5.74, 6) is 4.57. The van der Waals surface area contributed by atoms with Gasteiger partial charge < -0.3 is 5.11 Å². The fraction of sp³-hybridized carbons (Fsp3) is 0.926. The summed E-state index contributed by atoms with van der Waals surface area (Å²) in [4.78, 5) is 14.0. The van der Waals surface area contributed by atoms with Crippen LogP contribution in [0.25, 0.3) is 0 Å². The molecule has 4 aliphatic carbocycles. The SMILES string of the molecule is CC[C@H]1[C@@H](O)C2C3CC[C@H]([C@H](C)CCc4noc(=O)[nH]4)[C@@]3(C)CCC2[C@@]2(C)CCCC[C@@H]12. The van der Waals surface area contributed by atoms with Crippen molar-refractivity contribution in [2.75, 3.05) is 0 Å². The van der Waals surface area contributed by atoms with Crippen LogP contribution in [0, 0.1) is 52.3 Å². The lowest BCUT2D eigenvalue weighted by molar-refractivity contribution is -0.194. The Kier molecular flexibility index (Phi) is 5.87. The van der Waals surface area contributed by atoms with Gasteiger partial charge in [0, 0.05) is 6.42 Å². The molecular weight excluding hydrogens is 400 g/mol. The Bertz CT molecular complexity index is 863. The molecule has 5 rings (SSSR count). The molecule has 1 heterocycles. The second-order valence-corrected chi connectivity index (χ2v) is 12.5. The molecule has 0 aliphatic heterocycles. The van der Waals surface area contributed by atoms with Crippen molar-refractivity contribution >= 4 is 0 Å². The molecule has 32 heavy (non-hydrogen) atoms. The number of hydrogen-bond acceptors (Lipinski definition) is 4. The van der Waals surface area contributed by atoms with E-state index in [1.807, 2.05) is 0 Å². The maximum Gasteiger partial charge on any atom is 0.438 e. The van der Waals surface area contributed by atoms with Gasteiger partial charge in [-0.05, 0) is 97.2 Å². The molecule has 4 fully saturated rings. The number of H-pyrrole nitrogens is 1. The number of rotatable bonds is 5. The van der Waals surface area contributed by atoms with Gasteiger partial charge in [-0.2, -0.15) is 0 Å². The summed E-state index contributed by atoms with van der Waals surface area (Å²) in [5, 5.41) is 15.7. The van der Waals surface area contributed by atoms with E-state index in [9.17, 15) is 9.90 Å².